The molecule has 2 bridgehead atoms. The van der Waals surface area contributed by atoms with Gasteiger partial charge in [0.25, 0.3) is 5.88 Å². The first-order valence-electron chi connectivity index (χ1n) is 5.23. The van der Waals surface area contributed by atoms with Gasteiger partial charge in [-0.25, -0.2) is 0 Å². The first-order valence-corrected chi connectivity index (χ1v) is 5.23. The molecule has 0 amide bonds. The number of hydrogen-bond acceptors (Lipinski definition) is 4. The predicted octanol–water partition coefficient (Wildman–Crippen LogP) is 1.50. The quantitative estimate of drug-likeness (QED) is 0.715. The van der Waals surface area contributed by atoms with Crippen LogP contribution >= 0.6 is 0 Å². The SMILES string of the molecule is c1cc(OC2CC3CCN2CC3)no1. The van der Waals surface area contributed by atoms with Crippen LogP contribution in [-0.4, -0.2) is 29.4 Å². The van der Waals surface area contributed by atoms with Crippen molar-refractivity contribution >= 4 is 0 Å². The lowest BCUT2D eigenvalue weighted by Crippen LogP contribution is -2.51. The summed E-state index contributed by atoms with van der Waals surface area (Å²) in [4.78, 5) is 2.40. The third kappa shape index (κ3) is 1.39. The van der Waals surface area contributed by atoms with E-state index in [1.165, 1.54) is 25.9 Å². The lowest BCUT2D eigenvalue weighted by atomic mass is 9.87. The third-order valence-electron chi connectivity index (χ3n) is 3.26. The van der Waals surface area contributed by atoms with Gasteiger partial charge in [-0.15, -0.1) is 0 Å². The van der Waals surface area contributed by atoms with Gasteiger partial charge in [-0.05, 0) is 23.9 Å². The Hall–Kier alpha value is -1.03. The van der Waals surface area contributed by atoms with E-state index < -0.39 is 0 Å². The van der Waals surface area contributed by atoms with Crippen LogP contribution in [0.3, 0.4) is 0 Å². The van der Waals surface area contributed by atoms with E-state index in [4.69, 9.17) is 9.26 Å². The Kier molecular flexibility index (Phi) is 1.94. The zero-order valence-corrected chi connectivity index (χ0v) is 8.06. The van der Waals surface area contributed by atoms with Gasteiger partial charge in [-0.3, -0.25) is 4.90 Å². The molecule has 3 aliphatic rings. The Morgan fingerprint density at radius 2 is 2.29 bits per heavy atom. The zero-order valence-electron chi connectivity index (χ0n) is 8.06. The molecule has 14 heavy (non-hydrogen) atoms. The highest BCUT2D eigenvalue weighted by molar-refractivity contribution is 5.03. The van der Waals surface area contributed by atoms with Gasteiger partial charge in [0.15, 0.2) is 6.23 Å². The van der Waals surface area contributed by atoms with Crippen molar-refractivity contribution in [2.45, 2.75) is 25.5 Å². The smallest absolute Gasteiger partial charge is 0.255 e. The maximum Gasteiger partial charge on any atom is 0.255 e. The van der Waals surface area contributed by atoms with Gasteiger partial charge in [0.1, 0.15) is 6.26 Å². The molecule has 0 radical (unpaired) electrons. The minimum atomic E-state index is 0.229. The van der Waals surface area contributed by atoms with Crippen molar-refractivity contribution in [1.29, 1.82) is 0 Å². The summed E-state index contributed by atoms with van der Waals surface area (Å²) < 4.78 is 10.5. The summed E-state index contributed by atoms with van der Waals surface area (Å²) in [6.07, 6.45) is 5.59. The molecule has 4 heterocycles. The maximum atomic E-state index is 5.75. The molecule has 3 fully saturated rings. The lowest BCUT2D eigenvalue weighted by molar-refractivity contribution is -0.0637. The predicted molar refractivity (Wildman–Crippen MR) is 49.8 cm³/mol. The highest BCUT2D eigenvalue weighted by Gasteiger charge is 2.35. The van der Waals surface area contributed by atoms with Crippen molar-refractivity contribution in [2.75, 3.05) is 13.1 Å². The summed E-state index contributed by atoms with van der Waals surface area (Å²) in [5.74, 6) is 1.47. The molecule has 0 saturated carbocycles. The molecular weight excluding hydrogens is 180 g/mol. The van der Waals surface area contributed by atoms with Crippen LogP contribution < -0.4 is 4.74 Å². The van der Waals surface area contributed by atoms with Crippen molar-refractivity contribution in [2.24, 2.45) is 5.92 Å². The van der Waals surface area contributed by atoms with Crippen LogP contribution in [0.4, 0.5) is 0 Å². The summed E-state index contributed by atoms with van der Waals surface area (Å²) >= 11 is 0. The number of fused-ring (bicyclic) bond motifs is 3. The van der Waals surface area contributed by atoms with Gasteiger partial charge < -0.3 is 9.26 Å². The Morgan fingerprint density at radius 3 is 2.86 bits per heavy atom. The number of ether oxygens (including phenoxy) is 1. The topological polar surface area (TPSA) is 38.5 Å². The zero-order chi connectivity index (χ0) is 9.38. The second-order valence-electron chi connectivity index (χ2n) is 4.13. The molecule has 4 rings (SSSR count). The average Bonchev–Trinajstić information content (AvgIpc) is 2.72. The number of piperidine rings is 3. The normalized spacial score (nSPS) is 35.9. The van der Waals surface area contributed by atoms with E-state index in [1.807, 2.05) is 0 Å². The van der Waals surface area contributed by atoms with E-state index in [0.29, 0.717) is 5.88 Å². The number of nitrogens with zero attached hydrogens (tertiary/aromatic N) is 2. The van der Waals surface area contributed by atoms with Gasteiger partial charge in [0.2, 0.25) is 0 Å². The second kappa shape index (κ2) is 3.28. The molecular formula is C10H14N2O2. The fourth-order valence-corrected chi connectivity index (χ4v) is 2.44. The molecule has 4 heteroatoms. The van der Waals surface area contributed by atoms with Gasteiger partial charge >= 0.3 is 0 Å². The molecule has 0 aliphatic carbocycles. The van der Waals surface area contributed by atoms with Crippen LogP contribution in [-0.2, 0) is 0 Å². The Bertz CT molecular complexity index is 291. The highest BCUT2D eigenvalue weighted by Crippen LogP contribution is 2.32. The van der Waals surface area contributed by atoms with E-state index in [1.54, 1.807) is 12.3 Å². The van der Waals surface area contributed by atoms with Gasteiger partial charge in [0, 0.05) is 25.6 Å². The molecule has 3 aliphatic heterocycles. The van der Waals surface area contributed by atoms with E-state index in [2.05, 4.69) is 10.1 Å². The van der Waals surface area contributed by atoms with Crippen molar-refractivity contribution in [1.82, 2.24) is 10.1 Å². The van der Waals surface area contributed by atoms with Crippen LogP contribution in [0.1, 0.15) is 19.3 Å². The largest absolute Gasteiger partial charge is 0.456 e. The summed E-state index contributed by atoms with van der Waals surface area (Å²) in [7, 11) is 0. The summed E-state index contributed by atoms with van der Waals surface area (Å²) in [6, 6.07) is 1.77. The molecule has 3 saturated heterocycles. The molecule has 4 nitrogen and oxygen atoms in total. The van der Waals surface area contributed by atoms with Crippen LogP contribution in [0.25, 0.3) is 0 Å². The fourth-order valence-electron chi connectivity index (χ4n) is 2.44. The van der Waals surface area contributed by atoms with Crippen molar-refractivity contribution in [3.05, 3.63) is 12.3 Å². The Balaban J connectivity index is 1.68. The van der Waals surface area contributed by atoms with Gasteiger partial charge in [-0.2, -0.15) is 0 Å². The minimum absolute atomic E-state index is 0.229. The van der Waals surface area contributed by atoms with Crippen LogP contribution in [0.5, 0.6) is 5.88 Å². The maximum absolute atomic E-state index is 5.75. The third-order valence-corrected chi connectivity index (χ3v) is 3.26. The van der Waals surface area contributed by atoms with Crippen molar-refractivity contribution in [3.63, 3.8) is 0 Å². The molecule has 1 atom stereocenters. The first-order chi connectivity index (χ1) is 6.92. The summed E-state index contributed by atoms with van der Waals surface area (Å²) in [5, 5.41) is 3.77. The molecule has 0 spiro atoms. The van der Waals surface area contributed by atoms with E-state index in [9.17, 15) is 0 Å². The van der Waals surface area contributed by atoms with Gasteiger partial charge in [-0.1, -0.05) is 0 Å². The van der Waals surface area contributed by atoms with Crippen LogP contribution in [0.15, 0.2) is 16.9 Å². The Labute approximate surface area is 82.8 Å². The molecule has 0 N–H and O–H groups in total. The van der Waals surface area contributed by atoms with Gasteiger partial charge in [0.05, 0.1) is 0 Å². The number of rotatable bonds is 2. The number of aromatic nitrogens is 1. The van der Waals surface area contributed by atoms with E-state index >= 15 is 0 Å². The molecule has 1 aromatic rings. The van der Waals surface area contributed by atoms with Crippen molar-refractivity contribution < 1.29 is 9.26 Å². The average molecular weight is 194 g/mol. The first kappa shape index (κ1) is 8.29. The minimum Gasteiger partial charge on any atom is -0.456 e. The van der Waals surface area contributed by atoms with Crippen molar-refractivity contribution in [3.8, 4) is 5.88 Å². The van der Waals surface area contributed by atoms with Crippen LogP contribution in [0, 0.1) is 5.92 Å². The lowest BCUT2D eigenvalue weighted by Gasteiger charge is -2.44. The summed E-state index contributed by atoms with van der Waals surface area (Å²) in [6.45, 7) is 2.35. The summed E-state index contributed by atoms with van der Waals surface area (Å²) in [5.41, 5.74) is 0. The van der Waals surface area contributed by atoms with Crippen LogP contribution in [0.2, 0.25) is 0 Å². The molecule has 1 unspecified atom stereocenters. The molecule has 0 aromatic carbocycles. The highest BCUT2D eigenvalue weighted by atomic mass is 16.6. The van der Waals surface area contributed by atoms with E-state index in [-0.39, 0.29) is 6.23 Å². The van der Waals surface area contributed by atoms with E-state index in [0.717, 1.165) is 12.3 Å². The molecule has 1 aromatic heterocycles. The Morgan fingerprint density at radius 1 is 1.43 bits per heavy atom. The number of hydrogen-bond donors (Lipinski definition) is 0. The molecule has 76 valence electrons. The fraction of sp³-hybridized carbons (Fsp3) is 0.700. The second-order valence-corrected chi connectivity index (χ2v) is 4.13. The monoisotopic (exact) mass is 194 g/mol. The standard InChI is InChI=1S/C10H14N2O2/c1-4-12-5-2-8(1)7-10(12)14-9-3-6-13-11-9/h3,6,8,10H,1-2,4-5,7H2.